The van der Waals surface area contributed by atoms with Gasteiger partial charge in [-0.3, -0.25) is 4.79 Å². The quantitative estimate of drug-likeness (QED) is 0.821. The summed E-state index contributed by atoms with van der Waals surface area (Å²) < 4.78 is 5.12. The van der Waals surface area contributed by atoms with Gasteiger partial charge in [-0.15, -0.1) is 0 Å². The number of pyridine rings is 1. The van der Waals surface area contributed by atoms with Crippen LogP contribution in [0.4, 0.5) is 0 Å². The normalized spacial score (nSPS) is 19.9. The predicted molar refractivity (Wildman–Crippen MR) is 105 cm³/mol. The highest BCUT2D eigenvalue weighted by Crippen LogP contribution is 2.38. The van der Waals surface area contributed by atoms with Crippen LogP contribution >= 0.6 is 0 Å². The molecule has 1 aliphatic rings. The number of aliphatic hydroxyl groups is 1. The molecule has 27 heavy (non-hydrogen) atoms. The van der Waals surface area contributed by atoms with E-state index in [0.717, 1.165) is 22.3 Å². The van der Waals surface area contributed by atoms with E-state index in [0.29, 0.717) is 25.1 Å². The maximum Gasteiger partial charge on any atom is 0.224 e. The lowest BCUT2D eigenvalue weighted by Crippen LogP contribution is -2.42. The summed E-state index contributed by atoms with van der Waals surface area (Å²) in [5, 5.41) is 12.9. The van der Waals surface area contributed by atoms with Crippen LogP contribution in [0.2, 0.25) is 0 Å². The molecule has 0 unspecified atom stereocenters. The first-order valence-corrected chi connectivity index (χ1v) is 9.41. The second-order valence-electron chi connectivity index (χ2n) is 7.62. The topological polar surface area (TPSA) is 71.5 Å². The third-order valence-electron chi connectivity index (χ3n) is 5.44. The van der Waals surface area contributed by atoms with Crippen molar-refractivity contribution >= 4 is 5.91 Å². The number of carbonyl (C=O) groups is 1. The molecule has 0 spiro atoms. The molecule has 1 atom stereocenters. The minimum atomic E-state index is -0.276. The number of methoxy groups -OCH3 is 1. The number of hydrogen-bond donors (Lipinski definition) is 2. The summed E-state index contributed by atoms with van der Waals surface area (Å²) in [6.45, 7) is 6.17. The van der Waals surface area contributed by atoms with E-state index in [-0.39, 0.29) is 24.0 Å². The summed E-state index contributed by atoms with van der Waals surface area (Å²) >= 11 is 0. The van der Waals surface area contributed by atoms with Crippen LogP contribution in [-0.2, 0) is 11.2 Å². The van der Waals surface area contributed by atoms with Gasteiger partial charge in [0.15, 0.2) is 0 Å². The smallest absolute Gasteiger partial charge is 0.224 e. The first-order chi connectivity index (χ1) is 12.9. The van der Waals surface area contributed by atoms with Crippen molar-refractivity contribution in [2.75, 3.05) is 7.11 Å². The molecule has 1 amide bonds. The lowest BCUT2D eigenvalue weighted by Gasteiger charge is -2.38. The number of amides is 1. The van der Waals surface area contributed by atoms with Crippen LogP contribution in [-0.4, -0.2) is 29.2 Å². The summed E-state index contributed by atoms with van der Waals surface area (Å²) in [5.41, 5.74) is 5.52. The summed E-state index contributed by atoms with van der Waals surface area (Å²) in [7, 11) is 1.58. The fourth-order valence-corrected chi connectivity index (χ4v) is 3.95. The Bertz CT molecular complexity index is 788. The molecule has 144 valence electrons. The largest absolute Gasteiger partial charge is 0.481 e. The Morgan fingerprint density at radius 3 is 2.44 bits per heavy atom. The van der Waals surface area contributed by atoms with Gasteiger partial charge in [0.1, 0.15) is 0 Å². The highest BCUT2D eigenvalue weighted by molar-refractivity contribution is 5.80. The molecular formula is C22H28N2O3. The number of ether oxygens (including phenoxy) is 1. The average Bonchev–Trinajstić information content (AvgIpc) is 2.60. The second-order valence-corrected chi connectivity index (χ2v) is 7.62. The van der Waals surface area contributed by atoms with Crippen LogP contribution in [0.15, 0.2) is 30.5 Å². The molecule has 2 aromatic rings. The number of carbonyl (C=O) groups excluding carboxylic acids is 1. The first kappa shape index (κ1) is 19.4. The fraction of sp³-hybridized carbons (Fsp3) is 0.455. The molecule has 1 saturated carbocycles. The molecule has 1 aromatic carbocycles. The van der Waals surface area contributed by atoms with Gasteiger partial charge in [-0.1, -0.05) is 23.8 Å². The SMILES string of the molecule is COc1ccc([C@H](NC(=O)Cc2c(C)cc(C)cc2C)C2CC(O)C2)cn1. The molecule has 0 saturated heterocycles. The van der Waals surface area contributed by atoms with Crippen molar-refractivity contribution in [3.8, 4) is 5.88 Å². The van der Waals surface area contributed by atoms with E-state index < -0.39 is 0 Å². The molecule has 2 N–H and O–H groups in total. The lowest BCUT2D eigenvalue weighted by molar-refractivity contribution is -0.122. The van der Waals surface area contributed by atoms with E-state index in [4.69, 9.17) is 4.74 Å². The molecule has 1 aromatic heterocycles. The van der Waals surface area contributed by atoms with Crippen molar-refractivity contribution in [3.05, 3.63) is 58.3 Å². The third-order valence-corrected chi connectivity index (χ3v) is 5.44. The third kappa shape index (κ3) is 4.48. The molecule has 0 bridgehead atoms. The van der Waals surface area contributed by atoms with Crippen molar-refractivity contribution in [3.63, 3.8) is 0 Å². The molecule has 5 nitrogen and oxygen atoms in total. The minimum Gasteiger partial charge on any atom is -0.481 e. The molecule has 1 heterocycles. The van der Waals surface area contributed by atoms with E-state index in [9.17, 15) is 9.90 Å². The second kappa shape index (κ2) is 8.09. The van der Waals surface area contributed by atoms with Crippen LogP contribution in [0.1, 0.15) is 46.7 Å². The molecule has 0 aliphatic heterocycles. The molecule has 1 fully saturated rings. The summed E-state index contributed by atoms with van der Waals surface area (Å²) in [6.07, 6.45) is 3.21. The Labute approximate surface area is 160 Å². The Morgan fingerprint density at radius 1 is 1.26 bits per heavy atom. The van der Waals surface area contributed by atoms with E-state index >= 15 is 0 Å². The van der Waals surface area contributed by atoms with E-state index in [1.807, 2.05) is 6.07 Å². The highest BCUT2D eigenvalue weighted by Gasteiger charge is 2.35. The number of hydrogen-bond acceptors (Lipinski definition) is 4. The Morgan fingerprint density at radius 2 is 1.93 bits per heavy atom. The molecule has 3 rings (SSSR count). The molecule has 1 aliphatic carbocycles. The summed E-state index contributed by atoms with van der Waals surface area (Å²) in [5.74, 6) is 0.759. The first-order valence-electron chi connectivity index (χ1n) is 9.41. The van der Waals surface area contributed by atoms with Gasteiger partial charge in [-0.2, -0.15) is 0 Å². The zero-order valence-corrected chi connectivity index (χ0v) is 16.5. The number of benzene rings is 1. The van der Waals surface area contributed by atoms with Crippen molar-refractivity contribution in [1.82, 2.24) is 10.3 Å². The van der Waals surface area contributed by atoms with Crippen LogP contribution in [0.3, 0.4) is 0 Å². The molecular weight excluding hydrogens is 340 g/mol. The van der Waals surface area contributed by atoms with Crippen molar-refractivity contribution in [1.29, 1.82) is 0 Å². The number of aliphatic hydroxyl groups excluding tert-OH is 1. The van der Waals surface area contributed by atoms with Gasteiger partial charge in [0.25, 0.3) is 0 Å². The Kier molecular flexibility index (Phi) is 5.80. The Hall–Kier alpha value is -2.40. The zero-order valence-electron chi connectivity index (χ0n) is 16.5. The number of nitrogens with one attached hydrogen (secondary N) is 1. The highest BCUT2D eigenvalue weighted by atomic mass is 16.5. The average molecular weight is 368 g/mol. The van der Waals surface area contributed by atoms with Gasteiger partial charge in [-0.05, 0) is 61.8 Å². The van der Waals surface area contributed by atoms with Gasteiger partial charge >= 0.3 is 0 Å². The number of aromatic nitrogens is 1. The number of nitrogens with zero attached hydrogens (tertiary/aromatic N) is 1. The van der Waals surface area contributed by atoms with Gasteiger partial charge < -0.3 is 15.2 Å². The van der Waals surface area contributed by atoms with Gasteiger partial charge in [0.2, 0.25) is 11.8 Å². The van der Waals surface area contributed by atoms with Gasteiger partial charge in [0.05, 0.1) is 25.7 Å². The lowest BCUT2D eigenvalue weighted by atomic mass is 9.75. The standard InChI is InChI=1S/C22H28N2O3/c1-13-7-14(2)19(15(3)8-13)11-20(26)24-22(17-9-18(25)10-17)16-5-6-21(27-4)23-12-16/h5-8,12,17-18,22,25H,9-11H2,1-4H3,(H,24,26)/t17?,18?,22-/m0/s1. The van der Waals surface area contributed by atoms with Crippen LogP contribution < -0.4 is 10.1 Å². The van der Waals surface area contributed by atoms with E-state index in [1.54, 1.807) is 19.4 Å². The Balaban J connectivity index is 1.76. The fourth-order valence-electron chi connectivity index (χ4n) is 3.95. The zero-order chi connectivity index (χ0) is 19.6. The van der Waals surface area contributed by atoms with Crippen molar-refractivity contribution < 1.29 is 14.6 Å². The van der Waals surface area contributed by atoms with E-state index in [2.05, 4.69) is 43.2 Å². The monoisotopic (exact) mass is 368 g/mol. The minimum absolute atomic E-state index is 0.00717. The predicted octanol–water partition coefficient (Wildman–Crippen LogP) is 3.19. The number of rotatable bonds is 6. The van der Waals surface area contributed by atoms with Gasteiger partial charge in [0, 0.05) is 12.3 Å². The molecule has 0 radical (unpaired) electrons. The summed E-state index contributed by atoms with van der Waals surface area (Å²) in [4.78, 5) is 17.1. The van der Waals surface area contributed by atoms with Gasteiger partial charge in [-0.25, -0.2) is 4.98 Å². The number of aryl methyl sites for hydroxylation is 3. The summed E-state index contributed by atoms with van der Waals surface area (Å²) in [6, 6.07) is 7.82. The maximum atomic E-state index is 12.8. The van der Waals surface area contributed by atoms with Crippen LogP contribution in [0.5, 0.6) is 5.88 Å². The van der Waals surface area contributed by atoms with E-state index in [1.165, 1.54) is 5.56 Å². The van der Waals surface area contributed by atoms with Crippen LogP contribution in [0, 0.1) is 26.7 Å². The van der Waals surface area contributed by atoms with Crippen molar-refractivity contribution in [2.24, 2.45) is 5.92 Å². The van der Waals surface area contributed by atoms with Crippen molar-refractivity contribution in [2.45, 2.75) is 52.2 Å². The maximum absolute atomic E-state index is 12.8. The van der Waals surface area contributed by atoms with Crippen LogP contribution in [0.25, 0.3) is 0 Å². The molecule has 5 heteroatoms.